The first-order valence-electron chi connectivity index (χ1n) is 10.2. The number of aromatic amines is 1. The number of nitro groups is 1. The lowest BCUT2D eigenvalue weighted by Gasteiger charge is -2.27. The van der Waals surface area contributed by atoms with Gasteiger partial charge in [0.1, 0.15) is 12.4 Å². The zero-order valence-corrected chi connectivity index (χ0v) is 18.8. The van der Waals surface area contributed by atoms with E-state index in [1.54, 1.807) is 26.4 Å². The lowest BCUT2D eigenvalue weighted by atomic mass is 9.95. The summed E-state index contributed by atoms with van der Waals surface area (Å²) in [6.45, 7) is 4.29. The molecule has 2 aromatic heterocycles. The van der Waals surface area contributed by atoms with E-state index < -0.39 is 28.4 Å². The van der Waals surface area contributed by atoms with Crippen LogP contribution in [0.5, 0.6) is 0 Å². The van der Waals surface area contributed by atoms with E-state index >= 15 is 0 Å². The molecule has 1 aromatic carbocycles. The van der Waals surface area contributed by atoms with E-state index in [1.807, 2.05) is 10.8 Å². The second-order valence-corrected chi connectivity index (χ2v) is 8.88. The summed E-state index contributed by atoms with van der Waals surface area (Å²) in [4.78, 5) is 45.8. The molecule has 0 radical (unpaired) electrons. The van der Waals surface area contributed by atoms with Crippen LogP contribution in [0.15, 0.2) is 54.3 Å². The van der Waals surface area contributed by atoms with E-state index in [0.717, 1.165) is 0 Å². The van der Waals surface area contributed by atoms with Crippen LogP contribution in [-0.4, -0.2) is 38.0 Å². The Morgan fingerprint density at radius 3 is 2.61 bits per heavy atom. The summed E-state index contributed by atoms with van der Waals surface area (Å²) in [7, 11) is 0. The number of nitro benzene ring substituents is 1. The minimum Gasteiger partial charge on any atom is -0.868 e. The third-order valence-corrected chi connectivity index (χ3v) is 6.55. The van der Waals surface area contributed by atoms with E-state index in [1.165, 1.54) is 40.5 Å². The summed E-state index contributed by atoms with van der Waals surface area (Å²) in [5.74, 6) is -2.12. The van der Waals surface area contributed by atoms with Gasteiger partial charge < -0.3 is 10.0 Å². The summed E-state index contributed by atoms with van der Waals surface area (Å²) in [6, 6.07) is 4.67. The van der Waals surface area contributed by atoms with E-state index in [0.29, 0.717) is 34.1 Å². The number of imidazole rings is 1. The highest BCUT2D eigenvalue weighted by Crippen LogP contribution is 2.39. The summed E-state index contributed by atoms with van der Waals surface area (Å²) in [6.07, 6.45) is 5.95. The van der Waals surface area contributed by atoms with Crippen molar-refractivity contribution in [2.24, 2.45) is 0 Å². The fourth-order valence-electron chi connectivity index (χ4n) is 3.97. The van der Waals surface area contributed by atoms with Crippen LogP contribution in [0, 0.1) is 24.0 Å². The number of Topliss-reactive ketones (excluding diaryl/α,β-unsaturated/α-hetero) is 1. The highest BCUT2D eigenvalue weighted by molar-refractivity contribution is 7.14. The number of rotatable bonds is 8. The summed E-state index contributed by atoms with van der Waals surface area (Å²) in [5.41, 5.74) is 0.706. The Morgan fingerprint density at radius 1 is 1.30 bits per heavy atom. The van der Waals surface area contributed by atoms with Crippen LogP contribution >= 0.6 is 11.3 Å². The van der Waals surface area contributed by atoms with Crippen molar-refractivity contribution in [3.8, 4) is 0 Å². The van der Waals surface area contributed by atoms with Gasteiger partial charge in [0.2, 0.25) is 18.0 Å². The van der Waals surface area contributed by atoms with Gasteiger partial charge in [0.15, 0.2) is 0 Å². The minimum atomic E-state index is -0.920. The Morgan fingerprint density at radius 2 is 2.03 bits per heavy atom. The minimum absolute atomic E-state index is 0.119. The standard InChI is InChI=1S/C22H21N5O5S/c1-13-21(33-14(2)24-13)19(28)17-18(15-4-6-16(7-5-15)27(31)32)26(22(30)20(17)29)10-3-9-25-11-8-23-12-25/h4-8,11-12,18H,3,9-10H2,1-2H3,(H,28,29). The van der Waals surface area contributed by atoms with Crippen LogP contribution in [0.3, 0.4) is 0 Å². The molecule has 170 valence electrons. The third-order valence-electron chi connectivity index (χ3n) is 5.48. The molecule has 0 spiro atoms. The quantitative estimate of drug-likeness (QED) is 0.232. The van der Waals surface area contributed by atoms with Crippen molar-refractivity contribution in [2.45, 2.75) is 32.9 Å². The van der Waals surface area contributed by atoms with Gasteiger partial charge in [-0.25, -0.2) is 9.55 Å². The number of nitrogens with zero attached hydrogens (tertiary/aromatic N) is 4. The van der Waals surface area contributed by atoms with E-state index in [-0.39, 0.29) is 17.8 Å². The Balaban J connectivity index is 1.70. The molecule has 1 aliphatic rings. The molecule has 1 amide bonds. The lowest BCUT2D eigenvalue weighted by Crippen LogP contribution is -2.37. The van der Waals surface area contributed by atoms with E-state index in [9.17, 15) is 24.8 Å². The molecular formula is C22H21N5O5S. The van der Waals surface area contributed by atoms with Crippen LogP contribution in [-0.2, 0) is 11.3 Å². The maximum atomic E-state index is 13.4. The largest absolute Gasteiger partial charge is 0.868 e. The second kappa shape index (κ2) is 8.94. The first-order chi connectivity index (χ1) is 15.8. The number of carbonyl (C=O) groups is 2. The number of non-ortho nitro benzene ring substituents is 1. The molecule has 1 aliphatic heterocycles. The maximum absolute atomic E-state index is 13.4. The van der Waals surface area contributed by atoms with Crippen molar-refractivity contribution < 1.29 is 24.2 Å². The van der Waals surface area contributed by atoms with Crippen molar-refractivity contribution in [1.82, 2.24) is 14.9 Å². The van der Waals surface area contributed by atoms with E-state index in [2.05, 4.69) is 9.97 Å². The summed E-state index contributed by atoms with van der Waals surface area (Å²) in [5, 5.41) is 24.8. The second-order valence-electron chi connectivity index (χ2n) is 7.67. The number of hydrogen-bond acceptors (Lipinski definition) is 7. The van der Waals surface area contributed by atoms with Gasteiger partial charge in [0, 0.05) is 30.7 Å². The van der Waals surface area contributed by atoms with Crippen LogP contribution in [0.4, 0.5) is 5.69 Å². The normalized spacial score (nSPS) is 16.0. The number of thiazole rings is 1. The molecule has 1 atom stereocenters. The monoisotopic (exact) mass is 467 g/mol. The van der Waals surface area contributed by atoms with Crippen LogP contribution in [0.1, 0.15) is 38.4 Å². The van der Waals surface area contributed by atoms with Crippen LogP contribution < -0.4 is 9.67 Å². The fourth-order valence-corrected chi connectivity index (χ4v) is 4.85. The molecule has 33 heavy (non-hydrogen) atoms. The van der Waals surface area contributed by atoms with Gasteiger partial charge in [-0.05, 0) is 37.3 Å². The van der Waals surface area contributed by atoms with Gasteiger partial charge in [-0.1, -0.05) is 0 Å². The number of carbonyl (C=O) groups excluding carboxylic acids is 2. The summed E-state index contributed by atoms with van der Waals surface area (Å²) >= 11 is 1.17. The molecule has 3 aromatic rings. The SMILES string of the molecule is Cc1nc(C)c(C(=O)C2=C([O-])C(=O)N(CCC[n+]3cc[nH]c3)C2c2ccc([N+](=O)[O-])cc2)s1. The zero-order valence-electron chi connectivity index (χ0n) is 18.0. The molecule has 11 heteroatoms. The Kier molecular flexibility index (Phi) is 6.05. The maximum Gasteiger partial charge on any atom is 0.269 e. The molecule has 1 N–H and O–H groups in total. The number of H-pyrrole nitrogens is 1. The molecule has 0 aliphatic carbocycles. The molecule has 0 saturated carbocycles. The predicted molar refractivity (Wildman–Crippen MR) is 116 cm³/mol. The van der Waals surface area contributed by atoms with Crippen molar-refractivity contribution in [3.05, 3.63) is 85.6 Å². The fraction of sp³-hybridized carbons (Fsp3) is 0.273. The van der Waals surface area contributed by atoms with Crippen LogP contribution in [0.2, 0.25) is 0 Å². The number of benzene rings is 1. The first-order valence-corrected chi connectivity index (χ1v) is 11.1. The highest BCUT2D eigenvalue weighted by Gasteiger charge is 2.40. The van der Waals surface area contributed by atoms with Crippen molar-refractivity contribution in [2.75, 3.05) is 6.54 Å². The van der Waals surface area contributed by atoms with Gasteiger partial charge in [0.05, 0.1) is 33.1 Å². The smallest absolute Gasteiger partial charge is 0.269 e. The lowest BCUT2D eigenvalue weighted by molar-refractivity contribution is -0.695. The van der Waals surface area contributed by atoms with Gasteiger partial charge in [-0.3, -0.25) is 24.7 Å². The Hall–Kier alpha value is -3.86. The third kappa shape index (κ3) is 4.27. The summed E-state index contributed by atoms with van der Waals surface area (Å²) < 4.78 is 1.91. The van der Waals surface area contributed by atoms with Crippen molar-refractivity contribution >= 4 is 28.7 Å². The molecule has 0 saturated heterocycles. The first kappa shape index (κ1) is 22.3. The van der Waals surface area contributed by atoms with Gasteiger partial charge in [0.25, 0.3) is 5.69 Å². The number of aromatic nitrogens is 3. The number of hydrogen-bond donors (Lipinski definition) is 1. The number of ketones is 1. The van der Waals surface area contributed by atoms with Gasteiger partial charge in [-0.2, -0.15) is 0 Å². The molecule has 0 bridgehead atoms. The predicted octanol–water partition coefficient (Wildman–Crippen LogP) is 1.75. The molecule has 0 fully saturated rings. The molecule has 4 rings (SSSR count). The van der Waals surface area contributed by atoms with Gasteiger partial charge in [-0.15, -0.1) is 11.3 Å². The molecule has 10 nitrogen and oxygen atoms in total. The van der Waals surface area contributed by atoms with Crippen LogP contribution in [0.25, 0.3) is 0 Å². The van der Waals surface area contributed by atoms with E-state index in [4.69, 9.17) is 0 Å². The zero-order chi connectivity index (χ0) is 23.7. The highest BCUT2D eigenvalue weighted by atomic mass is 32.1. The number of nitrogens with one attached hydrogen (secondary N) is 1. The topological polar surface area (TPSA) is 136 Å². The number of aryl methyl sites for hydroxylation is 3. The average Bonchev–Trinajstić information content (AvgIpc) is 3.48. The number of amides is 1. The average molecular weight is 468 g/mol. The van der Waals surface area contributed by atoms with Crippen molar-refractivity contribution in [1.29, 1.82) is 0 Å². The van der Waals surface area contributed by atoms with Gasteiger partial charge >= 0.3 is 0 Å². The Labute approximate surface area is 193 Å². The molecule has 3 heterocycles. The molecular weight excluding hydrogens is 446 g/mol. The molecule has 1 unspecified atom stereocenters. The Bertz CT molecular complexity index is 1250. The van der Waals surface area contributed by atoms with Crippen molar-refractivity contribution in [3.63, 3.8) is 0 Å².